The second kappa shape index (κ2) is 5.55. The molecule has 0 spiro atoms. The highest BCUT2D eigenvalue weighted by atomic mass is 79.9. The van der Waals surface area contributed by atoms with Crippen molar-refractivity contribution < 1.29 is 9.21 Å². The quantitative estimate of drug-likeness (QED) is 0.698. The summed E-state index contributed by atoms with van der Waals surface area (Å²) in [5.41, 5.74) is 5.81. The van der Waals surface area contributed by atoms with E-state index in [0.717, 1.165) is 10.0 Å². The molecule has 0 saturated heterocycles. The van der Waals surface area contributed by atoms with Gasteiger partial charge in [-0.2, -0.15) is 5.26 Å². The average Bonchev–Trinajstić information content (AvgIpc) is 2.85. The fourth-order valence-corrected chi connectivity index (χ4v) is 1.76. The second-order valence-electron chi connectivity index (χ2n) is 3.74. The fraction of sp³-hybridized carbons (Fsp3) is 0. The molecule has 1 amide bonds. The van der Waals surface area contributed by atoms with E-state index in [1.165, 1.54) is 6.08 Å². The van der Waals surface area contributed by atoms with E-state index in [1.807, 2.05) is 24.3 Å². The molecule has 19 heavy (non-hydrogen) atoms. The highest BCUT2D eigenvalue weighted by molar-refractivity contribution is 9.10. The molecule has 5 heteroatoms. The first-order valence-corrected chi connectivity index (χ1v) is 6.17. The number of furan rings is 1. The molecule has 1 aromatic heterocycles. The molecule has 2 N–H and O–H groups in total. The van der Waals surface area contributed by atoms with Crippen LogP contribution in [0.4, 0.5) is 0 Å². The second-order valence-corrected chi connectivity index (χ2v) is 4.66. The number of carbonyl (C=O) groups is 1. The lowest BCUT2D eigenvalue weighted by Gasteiger charge is -1.96. The van der Waals surface area contributed by atoms with Crippen molar-refractivity contribution in [1.82, 2.24) is 0 Å². The predicted molar refractivity (Wildman–Crippen MR) is 74.6 cm³/mol. The van der Waals surface area contributed by atoms with Crippen LogP contribution in [0.25, 0.3) is 17.4 Å². The van der Waals surface area contributed by atoms with E-state index in [0.29, 0.717) is 11.5 Å². The maximum Gasteiger partial charge on any atom is 0.259 e. The van der Waals surface area contributed by atoms with Crippen molar-refractivity contribution in [3.63, 3.8) is 0 Å². The molecule has 0 aliphatic carbocycles. The third kappa shape index (κ3) is 3.12. The molecule has 94 valence electrons. The Morgan fingerprint density at radius 3 is 2.53 bits per heavy atom. The van der Waals surface area contributed by atoms with Gasteiger partial charge in [-0.1, -0.05) is 28.1 Å². The number of hydrogen-bond acceptors (Lipinski definition) is 3. The minimum absolute atomic E-state index is 0.142. The topological polar surface area (TPSA) is 80.0 Å². The highest BCUT2D eigenvalue weighted by Crippen LogP contribution is 2.24. The van der Waals surface area contributed by atoms with E-state index < -0.39 is 5.91 Å². The zero-order valence-corrected chi connectivity index (χ0v) is 11.3. The summed E-state index contributed by atoms with van der Waals surface area (Å²) in [7, 11) is 0. The number of hydrogen-bond donors (Lipinski definition) is 1. The number of carbonyl (C=O) groups excluding carboxylic acids is 1. The van der Waals surface area contributed by atoms with Gasteiger partial charge in [0.15, 0.2) is 0 Å². The number of halogens is 1. The number of primary amides is 1. The highest BCUT2D eigenvalue weighted by Gasteiger charge is 2.07. The van der Waals surface area contributed by atoms with Gasteiger partial charge >= 0.3 is 0 Å². The number of nitrogens with two attached hydrogens (primary N) is 1. The summed E-state index contributed by atoms with van der Waals surface area (Å²) in [6, 6.07) is 12.8. The molecule has 0 unspecified atom stereocenters. The van der Waals surface area contributed by atoms with Gasteiger partial charge < -0.3 is 10.2 Å². The van der Waals surface area contributed by atoms with Gasteiger partial charge in [0.2, 0.25) is 0 Å². The van der Waals surface area contributed by atoms with E-state index >= 15 is 0 Å². The largest absolute Gasteiger partial charge is 0.457 e. The van der Waals surface area contributed by atoms with Crippen LogP contribution in [-0.4, -0.2) is 5.91 Å². The molecular formula is C14H9BrN2O2. The molecule has 1 aromatic carbocycles. The van der Waals surface area contributed by atoms with Gasteiger partial charge in [0.25, 0.3) is 5.91 Å². The summed E-state index contributed by atoms with van der Waals surface area (Å²) in [4.78, 5) is 10.9. The normalized spacial score (nSPS) is 11.1. The Bertz CT molecular complexity index is 678. The van der Waals surface area contributed by atoms with E-state index in [4.69, 9.17) is 15.4 Å². The standard InChI is InChI=1S/C14H9BrN2O2/c15-11-3-1-9(2-4-11)13-6-5-12(19-13)7-10(8-16)14(17)18/h1-7H,(H2,17,18)/b10-7+. The third-order valence-electron chi connectivity index (χ3n) is 2.43. The molecule has 0 radical (unpaired) electrons. The molecule has 0 saturated carbocycles. The lowest BCUT2D eigenvalue weighted by molar-refractivity contribution is -0.114. The summed E-state index contributed by atoms with van der Waals surface area (Å²) >= 11 is 3.35. The number of nitriles is 1. The third-order valence-corrected chi connectivity index (χ3v) is 2.96. The molecular weight excluding hydrogens is 308 g/mol. The zero-order chi connectivity index (χ0) is 13.8. The Morgan fingerprint density at radius 1 is 1.26 bits per heavy atom. The van der Waals surface area contributed by atoms with Crippen LogP contribution in [0, 0.1) is 11.3 Å². The van der Waals surface area contributed by atoms with Gasteiger partial charge in [0, 0.05) is 16.1 Å². The van der Waals surface area contributed by atoms with Crippen molar-refractivity contribution in [3.8, 4) is 17.4 Å². The summed E-state index contributed by atoms with van der Waals surface area (Å²) in [6.07, 6.45) is 1.32. The van der Waals surface area contributed by atoms with Gasteiger partial charge in [0.05, 0.1) is 0 Å². The zero-order valence-electron chi connectivity index (χ0n) is 9.76. The van der Waals surface area contributed by atoms with Crippen molar-refractivity contribution in [2.24, 2.45) is 5.73 Å². The average molecular weight is 317 g/mol. The van der Waals surface area contributed by atoms with Crippen LogP contribution >= 0.6 is 15.9 Å². The summed E-state index contributed by atoms with van der Waals surface area (Å²) in [6.45, 7) is 0. The SMILES string of the molecule is N#C/C(=C\c1ccc(-c2ccc(Br)cc2)o1)C(N)=O. The van der Waals surface area contributed by atoms with Crippen molar-refractivity contribution in [1.29, 1.82) is 5.26 Å². The Balaban J connectivity index is 2.32. The number of amides is 1. The predicted octanol–water partition coefficient (Wildman–Crippen LogP) is 3.10. The first-order valence-electron chi connectivity index (χ1n) is 5.37. The van der Waals surface area contributed by atoms with E-state index in [1.54, 1.807) is 18.2 Å². The van der Waals surface area contributed by atoms with E-state index in [9.17, 15) is 4.79 Å². The van der Waals surface area contributed by atoms with Crippen molar-refractivity contribution in [2.75, 3.05) is 0 Å². The van der Waals surface area contributed by atoms with E-state index in [-0.39, 0.29) is 5.57 Å². The summed E-state index contributed by atoms with van der Waals surface area (Å²) < 4.78 is 6.52. The maximum atomic E-state index is 10.9. The Hall–Kier alpha value is -2.32. The Labute approximate surface area is 118 Å². The molecule has 0 aliphatic heterocycles. The molecule has 0 fully saturated rings. The van der Waals surface area contributed by atoms with Crippen molar-refractivity contribution >= 4 is 27.9 Å². The first kappa shape index (κ1) is 13.1. The van der Waals surface area contributed by atoms with Crippen LogP contribution in [0.3, 0.4) is 0 Å². The summed E-state index contributed by atoms with van der Waals surface area (Å²) in [5, 5.41) is 8.75. The van der Waals surface area contributed by atoms with Gasteiger partial charge in [-0.15, -0.1) is 0 Å². The Kier molecular flexibility index (Phi) is 3.83. The van der Waals surface area contributed by atoms with Gasteiger partial charge in [-0.25, -0.2) is 0 Å². The first-order chi connectivity index (χ1) is 9.10. The minimum Gasteiger partial charge on any atom is -0.457 e. The van der Waals surface area contributed by atoms with Crippen LogP contribution in [0.5, 0.6) is 0 Å². The summed E-state index contributed by atoms with van der Waals surface area (Å²) in [5.74, 6) is 0.290. The minimum atomic E-state index is -0.774. The fourth-order valence-electron chi connectivity index (χ4n) is 1.50. The monoisotopic (exact) mass is 316 g/mol. The lowest BCUT2D eigenvalue weighted by atomic mass is 10.2. The van der Waals surface area contributed by atoms with Crippen LogP contribution in [0.2, 0.25) is 0 Å². The van der Waals surface area contributed by atoms with Crippen molar-refractivity contribution in [3.05, 3.63) is 52.2 Å². The lowest BCUT2D eigenvalue weighted by Crippen LogP contribution is -2.12. The molecule has 2 rings (SSSR count). The van der Waals surface area contributed by atoms with Crippen LogP contribution in [0.15, 0.2) is 50.9 Å². The van der Waals surface area contributed by atoms with Gasteiger partial charge in [0.1, 0.15) is 23.2 Å². The van der Waals surface area contributed by atoms with Gasteiger partial charge in [-0.05, 0) is 24.3 Å². The molecule has 4 nitrogen and oxygen atoms in total. The van der Waals surface area contributed by atoms with Crippen LogP contribution in [0.1, 0.15) is 5.76 Å². The molecule has 1 heterocycles. The van der Waals surface area contributed by atoms with Crippen LogP contribution < -0.4 is 5.73 Å². The molecule has 0 aliphatic rings. The maximum absolute atomic E-state index is 10.9. The number of rotatable bonds is 3. The molecule has 2 aromatic rings. The van der Waals surface area contributed by atoms with Crippen molar-refractivity contribution in [2.45, 2.75) is 0 Å². The Morgan fingerprint density at radius 2 is 1.95 bits per heavy atom. The molecule has 0 atom stereocenters. The van der Waals surface area contributed by atoms with Crippen LogP contribution in [-0.2, 0) is 4.79 Å². The van der Waals surface area contributed by atoms with Gasteiger partial charge in [-0.3, -0.25) is 4.79 Å². The smallest absolute Gasteiger partial charge is 0.259 e. The number of nitrogens with zero attached hydrogens (tertiary/aromatic N) is 1. The van der Waals surface area contributed by atoms with E-state index in [2.05, 4.69) is 15.9 Å². The number of benzene rings is 1. The molecule has 0 bridgehead atoms.